The molecule has 2 N–H and O–H groups in total. The van der Waals surface area contributed by atoms with Gasteiger partial charge in [-0.15, -0.1) is 0 Å². The van der Waals surface area contributed by atoms with Crippen molar-refractivity contribution in [2.24, 2.45) is 11.7 Å². The van der Waals surface area contributed by atoms with Crippen LogP contribution in [0.3, 0.4) is 0 Å². The third-order valence-corrected chi connectivity index (χ3v) is 5.35. The van der Waals surface area contributed by atoms with E-state index in [1.165, 1.54) is 44.9 Å². The lowest BCUT2D eigenvalue weighted by atomic mass is 9.85. The summed E-state index contributed by atoms with van der Waals surface area (Å²) in [6.07, 6.45) is 8.93. The molecule has 1 fully saturated rings. The molecule has 1 rings (SSSR count). The van der Waals surface area contributed by atoms with Gasteiger partial charge in [0.1, 0.15) is 0 Å². The van der Waals surface area contributed by atoms with Gasteiger partial charge in [0.25, 0.3) is 0 Å². The van der Waals surface area contributed by atoms with Crippen LogP contribution >= 0.6 is 0 Å². The number of nitrogens with two attached hydrogens (primary N) is 1. The largest absolute Gasteiger partial charge is 0.383 e. The molecule has 1 aliphatic carbocycles. The van der Waals surface area contributed by atoms with Crippen molar-refractivity contribution in [3.05, 3.63) is 0 Å². The van der Waals surface area contributed by atoms with Gasteiger partial charge in [0, 0.05) is 31.8 Å². The Morgan fingerprint density at radius 1 is 1.25 bits per heavy atom. The van der Waals surface area contributed by atoms with E-state index < -0.39 is 0 Å². The maximum absolute atomic E-state index is 6.29. The summed E-state index contributed by atoms with van der Waals surface area (Å²) in [5.74, 6) is 0.856. The quantitative estimate of drug-likeness (QED) is 0.694. The summed E-state index contributed by atoms with van der Waals surface area (Å²) in [5.41, 5.74) is 6.50. The highest BCUT2D eigenvalue weighted by Crippen LogP contribution is 2.36. The summed E-state index contributed by atoms with van der Waals surface area (Å²) in [7, 11) is 1.80. The van der Waals surface area contributed by atoms with Crippen LogP contribution in [0.25, 0.3) is 0 Å². The molecule has 3 nitrogen and oxygen atoms in total. The number of methoxy groups -OCH3 is 1. The molecule has 0 radical (unpaired) electrons. The number of hydrogen-bond acceptors (Lipinski definition) is 3. The molecule has 0 aromatic rings. The van der Waals surface area contributed by atoms with Crippen LogP contribution in [-0.4, -0.2) is 43.3 Å². The molecule has 3 heteroatoms. The summed E-state index contributed by atoms with van der Waals surface area (Å²) >= 11 is 0. The third kappa shape index (κ3) is 4.44. The van der Waals surface area contributed by atoms with E-state index in [9.17, 15) is 0 Å². The molecular formula is C17H36N2O. The molecule has 20 heavy (non-hydrogen) atoms. The van der Waals surface area contributed by atoms with Crippen molar-refractivity contribution >= 4 is 0 Å². The van der Waals surface area contributed by atoms with Crippen molar-refractivity contribution in [2.45, 2.75) is 77.3 Å². The summed E-state index contributed by atoms with van der Waals surface area (Å²) in [4.78, 5) is 2.70. The summed E-state index contributed by atoms with van der Waals surface area (Å²) < 4.78 is 5.36. The fourth-order valence-corrected chi connectivity index (χ4v) is 3.90. The Morgan fingerprint density at radius 3 is 2.50 bits per heavy atom. The van der Waals surface area contributed by atoms with Gasteiger partial charge in [0.15, 0.2) is 0 Å². The van der Waals surface area contributed by atoms with Crippen molar-refractivity contribution in [1.82, 2.24) is 4.90 Å². The van der Waals surface area contributed by atoms with E-state index in [0.717, 1.165) is 25.6 Å². The van der Waals surface area contributed by atoms with Crippen molar-refractivity contribution in [3.8, 4) is 0 Å². The Kier molecular flexibility index (Phi) is 8.08. The average molecular weight is 284 g/mol. The molecule has 0 aromatic carbocycles. The maximum Gasteiger partial charge on any atom is 0.0590 e. The molecule has 2 unspecified atom stereocenters. The summed E-state index contributed by atoms with van der Waals surface area (Å²) in [5, 5.41) is 0. The summed E-state index contributed by atoms with van der Waals surface area (Å²) in [6, 6.07) is 0.641. The molecule has 1 aliphatic rings. The predicted octanol–water partition coefficient (Wildman–Crippen LogP) is 3.42. The highest BCUT2D eigenvalue weighted by atomic mass is 16.5. The molecule has 1 saturated carbocycles. The number of nitrogens with zero attached hydrogens (tertiary/aromatic N) is 1. The van der Waals surface area contributed by atoms with Crippen LogP contribution in [-0.2, 0) is 4.74 Å². The Balaban J connectivity index is 2.91. The Labute approximate surface area is 126 Å². The lowest BCUT2D eigenvalue weighted by Gasteiger charge is -2.47. The van der Waals surface area contributed by atoms with Gasteiger partial charge in [0.2, 0.25) is 0 Å². The first kappa shape index (κ1) is 17.9. The van der Waals surface area contributed by atoms with Crippen LogP contribution in [0.5, 0.6) is 0 Å². The fourth-order valence-electron chi connectivity index (χ4n) is 3.90. The van der Waals surface area contributed by atoms with Crippen LogP contribution in [0.4, 0.5) is 0 Å². The second-order valence-corrected chi connectivity index (χ2v) is 6.62. The van der Waals surface area contributed by atoms with E-state index >= 15 is 0 Å². The molecule has 120 valence electrons. The lowest BCUT2D eigenvalue weighted by molar-refractivity contribution is 0.00925. The van der Waals surface area contributed by atoms with Crippen LogP contribution < -0.4 is 5.73 Å². The van der Waals surface area contributed by atoms with E-state index in [1.807, 2.05) is 0 Å². The van der Waals surface area contributed by atoms with Crippen molar-refractivity contribution < 1.29 is 4.74 Å². The standard InChI is InChI=1S/C17H36N2O/c1-5-16(6-2)19(12-13-20-4)17(14-18)10-7-8-15(3)9-11-17/h15-16H,5-14,18H2,1-4H3. The maximum atomic E-state index is 6.29. The van der Waals surface area contributed by atoms with Crippen molar-refractivity contribution in [2.75, 3.05) is 26.8 Å². The highest BCUT2D eigenvalue weighted by Gasteiger charge is 2.39. The number of ether oxygens (including phenoxy) is 1. The SMILES string of the molecule is CCC(CC)N(CCOC)C1(CN)CCCC(C)CC1. The monoisotopic (exact) mass is 284 g/mol. The van der Waals surface area contributed by atoms with Crippen LogP contribution in [0.15, 0.2) is 0 Å². The number of hydrogen-bond donors (Lipinski definition) is 1. The van der Waals surface area contributed by atoms with Gasteiger partial charge >= 0.3 is 0 Å². The minimum absolute atomic E-state index is 0.208. The Hall–Kier alpha value is -0.120. The van der Waals surface area contributed by atoms with E-state index in [4.69, 9.17) is 10.5 Å². The van der Waals surface area contributed by atoms with Crippen molar-refractivity contribution in [1.29, 1.82) is 0 Å². The zero-order valence-electron chi connectivity index (χ0n) is 14.2. The van der Waals surface area contributed by atoms with E-state index in [1.54, 1.807) is 7.11 Å². The zero-order valence-corrected chi connectivity index (χ0v) is 14.2. The molecule has 0 aliphatic heterocycles. The third-order valence-electron chi connectivity index (χ3n) is 5.35. The molecule has 0 bridgehead atoms. The Bertz CT molecular complexity index is 255. The molecule has 0 heterocycles. The van der Waals surface area contributed by atoms with Crippen LogP contribution in [0.1, 0.15) is 65.7 Å². The van der Waals surface area contributed by atoms with E-state index in [2.05, 4.69) is 25.7 Å². The number of rotatable bonds is 8. The fraction of sp³-hybridized carbons (Fsp3) is 1.00. The van der Waals surface area contributed by atoms with Gasteiger partial charge in [-0.2, -0.15) is 0 Å². The van der Waals surface area contributed by atoms with Gasteiger partial charge in [-0.3, -0.25) is 4.90 Å². The van der Waals surface area contributed by atoms with E-state index in [0.29, 0.717) is 6.04 Å². The second kappa shape index (κ2) is 9.01. The van der Waals surface area contributed by atoms with Crippen LogP contribution in [0.2, 0.25) is 0 Å². The average Bonchev–Trinajstić information content (AvgIpc) is 2.66. The van der Waals surface area contributed by atoms with E-state index in [-0.39, 0.29) is 5.54 Å². The molecule has 2 atom stereocenters. The molecule has 0 spiro atoms. The molecule has 0 aromatic heterocycles. The van der Waals surface area contributed by atoms with Gasteiger partial charge < -0.3 is 10.5 Å². The van der Waals surface area contributed by atoms with Crippen molar-refractivity contribution in [3.63, 3.8) is 0 Å². The van der Waals surface area contributed by atoms with Gasteiger partial charge in [0.05, 0.1) is 6.61 Å². The first-order chi connectivity index (χ1) is 9.63. The normalized spacial score (nSPS) is 28.1. The first-order valence-electron chi connectivity index (χ1n) is 8.59. The first-order valence-corrected chi connectivity index (χ1v) is 8.59. The topological polar surface area (TPSA) is 38.5 Å². The van der Waals surface area contributed by atoms with Gasteiger partial charge in [-0.1, -0.05) is 33.6 Å². The molecule has 0 amide bonds. The second-order valence-electron chi connectivity index (χ2n) is 6.62. The minimum atomic E-state index is 0.208. The Morgan fingerprint density at radius 2 is 1.95 bits per heavy atom. The smallest absolute Gasteiger partial charge is 0.0590 e. The summed E-state index contributed by atoms with van der Waals surface area (Å²) in [6.45, 7) is 9.63. The van der Waals surface area contributed by atoms with Gasteiger partial charge in [-0.25, -0.2) is 0 Å². The zero-order chi connectivity index (χ0) is 15.0. The highest BCUT2D eigenvalue weighted by molar-refractivity contribution is 4.96. The lowest BCUT2D eigenvalue weighted by Crippen LogP contribution is -2.58. The molecular weight excluding hydrogens is 248 g/mol. The van der Waals surface area contributed by atoms with Crippen LogP contribution in [0, 0.1) is 5.92 Å². The van der Waals surface area contributed by atoms with Gasteiger partial charge in [-0.05, 0) is 38.0 Å². The predicted molar refractivity (Wildman–Crippen MR) is 87.0 cm³/mol. The minimum Gasteiger partial charge on any atom is -0.383 e. The molecule has 0 saturated heterocycles.